The number of benzene rings is 2. The van der Waals surface area contributed by atoms with E-state index in [1.165, 1.54) is 24.7 Å². The van der Waals surface area contributed by atoms with Crippen LogP contribution in [0.25, 0.3) is 16.7 Å². The van der Waals surface area contributed by atoms with E-state index in [0.717, 1.165) is 10.3 Å². The van der Waals surface area contributed by atoms with Gasteiger partial charge in [0.15, 0.2) is 5.65 Å². The third kappa shape index (κ3) is 3.44. The van der Waals surface area contributed by atoms with Crippen molar-refractivity contribution >= 4 is 38.6 Å². The Morgan fingerprint density at radius 3 is 2.71 bits per heavy atom. The highest BCUT2D eigenvalue weighted by Crippen LogP contribution is 2.19. The van der Waals surface area contributed by atoms with Gasteiger partial charge in [-0.3, -0.25) is 14.2 Å². The van der Waals surface area contributed by atoms with E-state index in [1.54, 1.807) is 10.7 Å². The average molecular weight is 442 g/mol. The van der Waals surface area contributed by atoms with Crippen LogP contribution < -0.4 is 10.9 Å². The molecule has 0 aliphatic rings. The van der Waals surface area contributed by atoms with Crippen LogP contribution in [0.15, 0.2) is 70.3 Å². The first kappa shape index (κ1) is 18.1. The van der Waals surface area contributed by atoms with Crippen LogP contribution in [0.2, 0.25) is 0 Å². The monoisotopic (exact) mass is 441 g/mol. The lowest BCUT2D eigenvalue weighted by molar-refractivity contribution is -0.116. The van der Waals surface area contributed by atoms with E-state index >= 15 is 0 Å². The van der Waals surface area contributed by atoms with Crippen LogP contribution in [0.3, 0.4) is 0 Å². The predicted octanol–water partition coefficient (Wildman–Crippen LogP) is 3.12. The minimum absolute atomic E-state index is 0.0344. The van der Waals surface area contributed by atoms with E-state index < -0.39 is 17.3 Å². The predicted molar refractivity (Wildman–Crippen MR) is 106 cm³/mol. The van der Waals surface area contributed by atoms with Gasteiger partial charge in [-0.1, -0.05) is 34.1 Å². The summed E-state index contributed by atoms with van der Waals surface area (Å²) in [6, 6.07) is 13.6. The summed E-state index contributed by atoms with van der Waals surface area (Å²) in [6.07, 6.45) is 2.70. The number of hydrogen-bond donors (Lipinski definition) is 1. The summed E-state index contributed by atoms with van der Waals surface area (Å²) < 4.78 is 17.1. The van der Waals surface area contributed by atoms with Crippen molar-refractivity contribution in [2.45, 2.75) is 6.54 Å². The van der Waals surface area contributed by atoms with Crippen LogP contribution in [0.4, 0.5) is 10.1 Å². The maximum atomic E-state index is 13.9. The number of fused-ring (bicyclic) bond motifs is 1. The molecule has 2 aromatic carbocycles. The molecule has 0 atom stereocenters. The molecular weight excluding hydrogens is 429 g/mol. The van der Waals surface area contributed by atoms with Crippen molar-refractivity contribution in [2.24, 2.45) is 0 Å². The number of hydrogen-bond acceptors (Lipinski definition) is 4. The minimum Gasteiger partial charge on any atom is -0.322 e. The number of halogens is 2. The molecule has 2 heterocycles. The lowest BCUT2D eigenvalue weighted by Gasteiger charge is -2.08. The van der Waals surface area contributed by atoms with Gasteiger partial charge in [0, 0.05) is 4.47 Å². The van der Waals surface area contributed by atoms with E-state index in [2.05, 4.69) is 31.3 Å². The number of rotatable bonds is 4. The first-order valence-electron chi connectivity index (χ1n) is 8.26. The molecule has 28 heavy (non-hydrogen) atoms. The molecule has 0 saturated carbocycles. The Morgan fingerprint density at radius 2 is 1.96 bits per heavy atom. The second-order valence-corrected chi connectivity index (χ2v) is 6.89. The van der Waals surface area contributed by atoms with Crippen LogP contribution in [-0.4, -0.2) is 25.2 Å². The standard InChI is InChI=1S/C19H13BrFN5O2/c20-12-6-7-16(15(21)8-12)24-17(27)10-25-11-22-18-14(19(25)28)9-23-26(18)13-4-2-1-3-5-13/h1-9,11H,10H2,(H,24,27). The molecule has 7 nitrogen and oxygen atoms in total. The second-order valence-electron chi connectivity index (χ2n) is 5.98. The zero-order chi connectivity index (χ0) is 19.7. The van der Waals surface area contributed by atoms with Gasteiger partial charge in [-0.2, -0.15) is 5.10 Å². The van der Waals surface area contributed by atoms with Gasteiger partial charge < -0.3 is 5.32 Å². The molecule has 0 saturated heterocycles. The Balaban J connectivity index is 1.60. The summed E-state index contributed by atoms with van der Waals surface area (Å²) in [5.41, 5.74) is 0.795. The fourth-order valence-corrected chi connectivity index (χ4v) is 3.09. The highest BCUT2D eigenvalue weighted by Gasteiger charge is 2.14. The molecule has 0 radical (unpaired) electrons. The highest BCUT2D eigenvalue weighted by molar-refractivity contribution is 9.10. The first-order valence-corrected chi connectivity index (χ1v) is 9.06. The largest absolute Gasteiger partial charge is 0.322 e. The SMILES string of the molecule is O=C(Cn1cnc2c(cnn2-c2ccccc2)c1=O)Nc1ccc(Br)cc1F. The first-order chi connectivity index (χ1) is 13.5. The van der Waals surface area contributed by atoms with Gasteiger partial charge in [0.1, 0.15) is 24.1 Å². The smallest absolute Gasteiger partial charge is 0.264 e. The summed E-state index contributed by atoms with van der Waals surface area (Å²) in [5.74, 6) is -1.12. The van der Waals surface area contributed by atoms with Crippen molar-refractivity contribution in [2.75, 3.05) is 5.32 Å². The molecule has 140 valence electrons. The van der Waals surface area contributed by atoms with Gasteiger partial charge in [0.05, 0.1) is 17.6 Å². The zero-order valence-corrected chi connectivity index (χ0v) is 15.9. The van der Waals surface area contributed by atoms with E-state index in [-0.39, 0.29) is 17.6 Å². The van der Waals surface area contributed by atoms with Crippen molar-refractivity contribution < 1.29 is 9.18 Å². The molecule has 1 N–H and O–H groups in total. The summed E-state index contributed by atoms with van der Waals surface area (Å²) in [7, 11) is 0. The fraction of sp³-hybridized carbons (Fsp3) is 0.0526. The van der Waals surface area contributed by atoms with Crippen LogP contribution in [0.5, 0.6) is 0 Å². The molecule has 0 bridgehead atoms. The lowest BCUT2D eigenvalue weighted by Crippen LogP contribution is -2.28. The van der Waals surface area contributed by atoms with Crippen molar-refractivity contribution in [3.8, 4) is 5.69 Å². The van der Waals surface area contributed by atoms with Gasteiger partial charge in [0.25, 0.3) is 5.56 Å². The van der Waals surface area contributed by atoms with Crippen molar-refractivity contribution in [3.05, 3.63) is 81.7 Å². The topological polar surface area (TPSA) is 81.8 Å². The van der Waals surface area contributed by atoms with Crippen LogP contribution >= 0.6 is 15.9 Å². The highest BCUT2D eigenvalue weighted by atomic mass is 79.9. The Labute approximate surface area is 166 Å². The summed E-state index contributed by atoms with van der Waals surface area (Å²) >= 11 is 3.15. The van der Waals surface area contributed by atoms with Gasteiger partial charge in [-0.15, -0.1) is 0 Å². The van der Waals surface area contributed by atoms with Crippen molar-refractivity contribution in [3.63, 3.8) is 0 Å². The van der Waals surface area contributed by atoms with Crippen molar-refractivity contribution in [1.82, 2.24) is 19.3 Å². The molecule has 9 heteroatoms. The number of amides is 1. The maximum Gasteiger partial charge on any atom is 0.264 e. The van der Waals surface area contributed by atoms with Crippen LogP contribution in [0.1, 0.15) is 0 Å². The van der Waals surface area contributed by atoms with E-state index in [4.69, 9.17) is 0 Å². The Bertz CT molecular complexity index is 1240. The third-order valence-corrected chi connectivity index (χ3v) is 4.57. The zero-order valence-electron chi connectivity index (χ0n) is 14.3. The fourth-order valence-electron chi connectivity index (χ4n) is 2.75. The normalized spacial score (nSPS) is 10.9. The molecule has 0 aliphatic heterocycles. The van der Waals surface area contributed by atoms with E-state index in [0.29, 0.717) is 10.1 Å². The molecule has 0 unspecified atom stereocenters. The van der Waals surface area contributed by atoms with Gasteiger partial charge in [-0.25, -0.2) is 14.1 Å². The molecule has 0 aliphatic carbocycles. The number of para-hydroxylation sites is 1. The van der Waals surface area contributed by atoms with Crippen LogP contribution in [-0.2, 0) is 11.3 Å². The van der Waals surface area contributed by atoms with Crippen molar-refractivity contribution in [1.29, 1.82) is 0 Å². The Hall–Kier alpha value is -3.33. The molecule has 0 spiro atoms. The van der Waals surface area contributed by atoms with E-state index in [9.17, 15) is 14.0 Å². The molecule has 4 aromatic rings. The molecule has 2 aromatic heterocycles. The molecule has 1 amide bonds. The van der Waals surface area contributed by atoms with Gasteiger partial charge in [0.2, 0.25) is 5.91 Å². The number of carbonyl (C=O) groups is 1. The number of anilines is 1. The number of nitrogens with zero attached hydrogens (tertiary/aromatic N) is 4. The third-order valence-electron chi connectivity index (χ3n) is 4.07. The number of nitrogens with one attached hydrogen (secondary N) is 1. The van der Waals surface area contributed by atoms with E-state index in [1.807, 2.05) is 30.3 Å². The summed E-state index contributed by atoms with van der Waals surface area (Å²) in [6.45, 7) is -0.298. The second kappa shape index (κ2) is 7.35. The molecular formula is C19H13BrFN5O2. The maximum absolute atomic E-state index is 13.9. The minimum atomic E-state index is -0.576. The summed E-state index contributed by atoms with van der Waals surface area (Å²) in [4.78, 5) is 29.2. The molecule has 0 fully saturated rings. The van der Waals surface area contributed by atoms with Gasteiger partial charge in [-0.05, 0) is 30.3 Å². The van der Waals surface area contributed by atoms with Gasteiger partial charge >= 0.3 is 0 Å². The number of carbonyl (C=O) groups excluding carboxylic acids is 1. The number of aromatic nitrogens is 4. The Kier molecular flexibility index (Phi) is 4.74. The average Bonchev–Trinajstić information content (AvgIpc) is 3.12. The van der Waals surface area contributed by atoms with Crippen LogP contribution in [0, 0.1) is 5.82 Å². The molecule has 4 rings (SSSR count). The Morgan fingerprint density at radius 1 is 1.18 bits per heavy atom. The lowest BCUT2D eigenvalue weighted by atomic mass is 10.3. The quantitative estimate of drug-likeness (QED) is 0.527. The summed E-state index contributed by atoms with van der Waals surface area (Å²) in [5, 5.41) is 6.96.